The third-order valence-electron chi connectivity index (χ3n) is 4.04. The Morgan fingerprint density at radius 1 is 1.40 bits per heavy atom. The fraction of sp³-hybridized carbons (Fsp3) is 0.500. The molecule has 0 saturated carbocycles. The largest absolute Gasteiger partial charge is 0.478 e. The third-order valence-corrected chi connectivity index (χ3v) is 4.04. The van der Waals surface area contributed by atoms with Crippen molar-refractivity contribution in [1.29, 1.82) is 0 Å². The van der Waals surface area contributed by atoms with Crippen LogP contribution in [0.1, 0.15) is 30.6 Å². The lowest BCUT2D eigenvalue weighted by Crippen LogP contribution is -2.28. The molecule has 1 fully saturated rings. The predicted molar refractivity (Wildman–Crippen MR) is 76.1 cm³/mol. The van der Waals surface area contributed by atoms with Crippen molar-refractivity contribution in [3.05, 3.63) is 18.0 Å². The maximum atomic E-state index is 11.5. The van der Waals surface area contributed by atoms with Crippen molar-refractivity contribution in [3.63, 3.8) is 0 Å². The number of aromatic nitrogens is 3. The molecule has 3 heterocycles. The van der Waals surface area contributed by atoms with E-state index in [-0.39, 0.29) is 5.56 Å². The molecule has 2 aromatic heterocycles. The Morgan fingerprint density at radius 2 is 2.15 bits per heavy atom. The van der Waals surface area contributed by atoms with E-state index in [1.165, 1.54) is 6.20 Å². The van der Waals surface area contributed by atoms with Crippen molar-refractivity contribution in [3.8, 4) is 0 Å². The van der Waals surface area contributed by atoms with Gasteiger partial charge in [0.2, 0.25) is 0 Å². The number of pyridine rings is 1. The molecule has 106 valence electrons. The lowest BCUT2D eigenvalue weighted by atomic mass is 10.1. The molecule has 6 nitrogen and oxygen atoms in total. The highest BCUT2D eigenvalue weighted by molar-refractivity contribution is 6.03. The van der Waals surface area contributed by atoms with Crippen LogP contribution in [0.15, 0.2) is 12.4 Å². The maximum Gasteiger partial charge on any atom is 0.339 e. The molecule has 20 heavy (non-hydrogen) atoms. The van der Waals surface area contributed by atoms with Gasteiger partial charge in [0.1, 0.15) is 5.56 Å². The Labute approximate surface area is 117 Å². The van der Waals surface area contributed by atoms with E-state index >= 15 is 0 Å². The van der Waals surface area contributed by atoms with Crippen LogP contribution in [0, 0.1) is 5.92 Å². The van der Waals surface area contributed by atoms with E-state index in [1.807, 2.05) is 7.05 Å². The standard InChI is InChI=1S/C14H18N4O2/c1-8-4-9(2)18(7-8)12-10-6-16-17(3)13(10)15-5-11(12)14(19)20/h5-6,8-9H,4,7H2,1-3H3,(H,19,20). The summed E-state index contributed by atoms with van der Waals surface area (Å²) in [5, 5.41) is 14.5. The summed E-state index contributed by atoms with van der Waals surface area (Å²) < 4.78 is 1.68. The first-order valence-electron chi connectivity index (χ1n) is 6.79. The summed E-state index contributed by atoms with van der Waals surface area (Å²) in [6.07, 6.45) is 4.22. The number of carboxylic acids is 1. The van der Waals surface area contributed by atoms with Crippen molar-refractivity contribution in [2.75, 3.05) is 11.4 Å². The number of fused-ring (bicyclic) bond motifs is 1. The summed E-state index contributed by atoms with van der Waals surface area (Å²) >= 11 is 0. The van der Waals surface area contributed by atoms with Crippen molar-refractivity contribution in [2.45, 2.75) is 26.3 Å². The highest BCUT2D eigenvalue weighted by Crippen LogP contribution is 2.36. The first-order valence-corrected chi connectivity index (χ1v) is 6.79. The zero-order valence-corrected chi connectivity index (χ0v) is 11.9. The molecule has 2 aromatic rings. The van der Waals surface area contributed by atoms with Crippen molar-refractivity contribution in [2.24, 2.45) is 13.0 Å². The molecule has 0 spiro atoms. The first-order chi connectivity index (χ1) is 9.49. The number of carboxylic acid groups (broad SMARTS) is 1. The number of carbonyl (C=O) groups is 1. The predicted octanol–water partition coefficient (Wildman–Crippen LogP) is 1.90. The van der Waals surface area contributed by atoms with E-state index in [0.717, 1.165) is 29.7 Å². The molecule has 2 unspecified atom stereocenters. The molecule has 1 N–H and O–H groups in total. The number of aryl methyl sites for hydroxylation is 1. The lowest BCUT2D eigenvalue weighted by molar-refractivity contribution is 0.0697. The van der Waals surface area contributed by atoms with Crippen LogP contribution in [0.2, 0.25) is 0 Å². The average Bonchev–Trinajstić information content (AvgIpc) is 2.92. The fourth-order valence-electron chi connectivity index (χ4n) is 3.16. The van der Waals surface area contributed by atoms with Gasteiger partial charge in [0.25, 0.3) is 0 Å². The normalized spacial score (nSPS) is 22.6. The van der Waals surface area contributed by atoms with Gasteiger partial charge in [-0.25, -0.2) is 9.78 Å². The molecule has 0 amide bonds. The van der Waals surface area contributed by atoms with Crippen molar-refractivity contribution >= 4 is 22.7 Å². The quantitative estimate of drug-likeness (QED) is 0.905. The SMILES string of the molecule is CC1CC(C)N(c2c(C(=O)O)cnc3c2cnn3C)C1. The van der Waals surface area contributed by atoms with Gasteiger partial charge in [-0.15, -0.1) is 0 Å². The van der Waals surface area contributed by atoms with Gasteiger partial charge in [0.15, 0.2) is 5.65 Å². The Morgan fingerprint density at radius 3 is 2.75 bits per heavy atom. The van der Waals surface area contributed by atoms with Crippen LogP contribution >= 0.6 is 0 Å². The van der Waals surface area contributed by atoms with Crippen LogP contribution in [0.25, 0.3) is 11.0 Å². The Kier molecular flexibility index (Phi) is 2.88. The molecule has 0 radical (unpaired) electrons. The van der Waals surface area contributed by atoms with E-state index in [0.29, 0.717) is 12.0 Å². The van der Waals surface area contributed by atoms with Crippen molar-refractivity contribution < 1.29 is 9.90 Å². The Hall–Kier alpha value is -2.11. The molecule has 1 saturated heterocycles. The first kappa shape index (κ1) is 12.9. The smallest absolute Gasteiger partial charge is 0.339 e. The second-order valence-electron chi connectivity index (χ2n) is 5.67. The maximum absolute atomic E-state index is 11.5. The van der Waals surface area contributed by atoms with Crippen LogP contribution in [-0.2, 0) is 7.05 Å². The second kappa shape index (κ2) is 4.47. The molecule has 1 aliphatic heterocycles. The lowest BCUT2D eigenvalue weighted by Gasteiger charge is -2.26. The molecule has 0 bridgehead atoms. The van der Waals surface area contributed by atoms with Gasteiger partial charge >= 0.3 is 5.97 Å². The number of hydrogen-bond donors (Lipinski definition) is 1. The van der Waals surface area contributed by atoms with Gasteiger partial charge in [-0.3, -0.25) is 4.68 Å². The highest BCUT2D eigenvalue weighted by atomic mass is 16.4. The molecule has 3 rings (SSSR count). The van der Waals surface area contributed by atoms with Crippen LogP contribution in [0.3, 0.4) is 0 Å². The number of hydrogen-bond acceptors (Lipinski definition) is 4. The second-order valence-corrected chi connectivity index (χ2v) is 5.67. The van der Waals surface area contributed by atoms with Crippen LogP contribution < -0.4 is 4.90 Å². The van der Waals surface area contributed by atoms with Gasteiger partial charge in [-0.2, -0.15) is 5.10 Å². The van der Waals surface area contributed by atoms with Gasteiger partial charge in [0.05, 0.1) is 17.3 Å². The van der Waals surface area contributed by atoms with E-state index in [9.17, 15) is 9.90 Å². The summed E-state index contributed by atoms with van der Waals surface area (Å²) in [4.78, 5) is 17.9. The van der Waals surface area contributed by atoms with Gasteiger partial charge in [-0.1, -0.05) is 6.92 Å². The van der Waals surface area contributed by atoms with Gasteiger partial charge in [-0.05, 0) is 19.3 Å². The van der Waals surface area contributed by atoms with Crippen LogP contribution in [-0.4, -0.2) is 38.4 Å². The summed E-state index contributed by atoms with van der Waals surface area (Å²) in [5.41, 5.74) is 1.73. The van der Waals surface area contributed by atoms with Gasteiger partial charge < -0.3 is 10.0 Å². The summed E-state index contributed by atoms with van der Waals surface area (Å²) in [6, 6.07) is 0.328. The topological polar surface area (TPSA) is 71.2 Å². The minimum atomic E-state index is -0.940. The van der Waals surface area contributed by atoms with E-state index in [1.54, 1.807) is 10.9 Å². The molecule has 0 aliphatic carbocycles. The molecule has 1 aliphatic rings. The van der Waals surface area contributed by atoms with Crippen LogP contribution in [0.4, 0.5) is 5.69 Å². The summed E-state index contributed by atoms with van der Waals surface area (Å²) in [6.45, 7) is 5.20. The molecule has 6 heteroatoms. The third kappa shape index (κ3) is 1.83. The fourth-order valence-corrected chi connectivity index (χ4v) is 3.16. The zero-order valence-electron chi connectivity index (χ0n) is 11.9. The minimum absolute atomic E-state index is 0.256. The van der Waals surface area contributed by atoms with E-state index in [4.69, 9.17) is 0 Å². The molecule has 2 atom stereocenters. The van der Waals surface area contributed by atoms with E-state index in [2.05, 4.69) is 28.8 Å². The summed E-state index contributed by atoms with van der Waals surface area (Å²) in [7, 11) is 1.82. The number of anilines is 1. The Bertz CT molecular complexity index is 679. The number of nitrogens with zero attached hydrogens (tertiary/aromatic N) is 4. The van der Waals surface area contributed by atoms with E-state index < -0.39 is 5.97 Å². The number of rotatable bonds is 2. The highest BCUT2D eigenvalue weighted by Gasteiger charge is 2.31. The van der Waals surface area contributed by atoms with Crippen molar-refractivity contribution in [1.82, 2.24) is 14.8 Å². The monoisotopic (exact) mass is 274 g/mol. The molecular formula is C14H18N4O2. The average molecular weight is 274 g/mol. The molecular weight excluding hydrogens is 256 g/mol. The van der Waals surface area contributed by atoms with Gasteiger partial charge in [0, 0.05) is 25.8 Å². The number of aromatic carboxylic acids is 1. The Balaban J connectivity index is 2.25. The molecule has 0 aromatic carbocycles. The zero-order chi connectivity index (χ0) is 14.4. The summed E-state index contributed by atoms with van der Waals surface area (Å²) in [5.74, 6) is -0.378. The van der Waals surface area contributed by atoms with Crippen LogP contribution in [0.5, 0.6) is 0 Å². The minimum Gasteiger partial charge on any atom is -0.478 e.